The van der Waals surface area contributed by atoms with Gasteiger partial charge in [0.1, 0.15) is 11.2 Å². The van der Waals surface area contributed by atoms with Crippen LogP contribution in [-0.2, 0) is 0 Å². The lowest BCUT2D eigenvalue weighted by Gasteiger charge is -2.25. The van der Waals surface area contributed by atoms with Crippen LogP contribution in [0.5, 0.6) is 0 Å². The fourth-order valence-electron chi connectivity index (χ4n) is 9.47. The molecule has 9 aromatic carbocycles. The topological polar surface area (TPSA) is 47.1 Å². The number of para-hydroxylation sites is 2. The summed E-state index contributed by atoms with van der Waals surface area (Å²) in [5.74, 6) is 0.607. The summed E-state index contributed by atoms with van der Waals surface area (Å²) in [6, 6.07) is 72.9. The van der Waals surface area contributed by atoms with Crippen molar-refractivity contribution in [3.05, 3.63) is 206 Å². The van der Waals surface area contributed by atoms with Gasteiger partial charge < -0.3 is 9.32 Å². The predicted octanol–water partition coefficient (Wildman–Crippen LogP) is 15.8. The van der Waals surface area contributed by atoms with Crippen molar-refractivity contribution in [3.63, 3.8) is 0 Å². The molecule has 6 heteroatoms. The first-order chi connectivity index (χ1) is 30.8. The van der Waals surface area contributed by atoms with Crippen molar-refractivity contribution in [2.45, 2.75) is 0 Å². The van der Waals surface area contributed by atoms with Gasteiger partial charge in [0.05, 0.1) is 32.3 Å². The molecule has 62 heavy (non-hydrogen) atoms. The van der Waals surface area contributed by atoms with Gasteiger partial charge in [-0.15, -0.1) is 11.3 Å². The molecule has 0 radical (unpaired) electrons. The van der Waals surface area contributed by atoms with Gasteiger partial charge in [-0.2, -0.15) is 0 Å². The molecule has 13 aromatic rings. The molecule has 0 saturated carbocycles. The number of furan rings is 1. The van der Waals surface area contributed by atoms with E-state index in [9.17, 15) is 0 Å². The van der Waals surface area contributed by atoms with Gasteiger partial charge in [0.2, 0.25) is 5.95 Å². The van der Waals surface area contributed by atoms with Crippen molar-refractivity contribution in [2.75, 3.05) is 4.90 Å². The van der Waals surface area contributed by atoms with E-state index in [4.69, 9.17) is 14.4 Å². The van der Waals surface area contributed by atoms with Crippen LogP contribution in [0.3, 0.4) is 0 Å². The molecule has 0 unspecified atom stereocenters. The quantitative estimate of drug-likeness (QED) is 0.168. The zero-order valence-electron chi connectivity index (χ0n) is 33.2. The van der Waals surface area contributed by atoms with Crippen LogP contribution in [0, 0.1) is 0 Å². The third-order valence-corrected chi connectivity index (χ3v) is 13.4. The van der Waals surface area contributed by atoms with Gasteiger partial charge in [0, 0.05) is 48.9 Å². The summed E-state index contributed by atoms with van der Waals surface area (Å²) >= 11 is 1.75. The van der Waals surface area contributed by atoms with Gasteiger partial charge in [-0.05, 0) is 88.6 Å². The van der Waals surface area contributed by atoms with E-state index in [0.717, 1.165) is 98.8 Å². The molecule has 0 N–H and O–H groups in total. The Morgan fingerprint density at radius 2 is 1.06 bits per heavy atom. The fourth-order valence-corrected chi connectivity index (χ4v) is 10.6. The second-order valence-corrected chi connectivity index (χ2v) is 16.8. The Bertz CT molecular complexity index is 3820. The zero-order valence-corrected chi connectivity index (χ0v) is 34.1. The third-order valence-electron chi connectivity index (χ3n) is 12.2. The Kier molecular flexibility index (Phi) is 7.71. The molecule has 0 bridgehead atoms. The molecule has 13 rings (SSSR count). The lowest BCUT2D eigenvalue weighted by atomic mass is 9.95. The summed E-state index contributed by atoms with van der Waals surface area (Å²) in [4.78, 5) is 13.3. The van der Waals surface area contributed by atoms with E-state index in [1.165, 1.54) is 15.5 Å². The summed E-state index contributed by atoms with van der Waals surface area (Å²) in [6.07, 6.45) is 0. The molecule has 4 aromatic heterocycles. The zero-order chi connectivity index (χ0) is 40.7. The molecule has 5 nitrogen and oxygen atoms in total. The lowest BCUT2D eigenvalue weighted by molar-refractivity contribution is 0.673. The first-order valence-electron chi connectivity index (χ1n) is 20.8. The maximum Gasteiger partial charge on any atom is 0.235 e. The molecule has 0 fully saturated rings. The third kappa shape index (κ3) is 5.27. The number of hydrogen-bond acceptors (Lipinski definition) is 5. The van der Waals surface area contributed by atoms with Crippen molar-refractivity contribution in [3.8, 4) is 28.3 Å². The van der Waals surface area contributed by atoms with E-state index in [1.807, 2.05) is 0 Å². The highest BCUT2D eigenvalue weighted by Gasteiger charge is 2.25. The molecule has 290 valence electrons. The number of nitrogens with zero attached hydrogens (tertiary/aromatic N) is 4. The minimum absolute atomic E-state index is 0.607. The van der Waals surface area contributed by atoms with Crippen molar-refractivity contribution >= 4 is 103 Å². The van der Waals surface area contributed by atoms with Crippen molar-refractivity contribution < 1.29 is 4.42 Å². The van der Waals surface area contributed by atoms with Crippen molar-refractivity contribution in [1.29, 1.82) is 0 Å². The standard InChI is InChI=1S/C56H34N4OS/c1-5-17-35(18-6-1)45-34-48-50(41-26-14-13-25-40(41)45)44-31-32-46-51(54(44)61-48)42-30-29-39(59(37-21-9-3-10-22-37)38-23-11-4-12-24-38)33-47(42)60(46)56-57-52(36-19-7-2-8-20-36)55-53(58-56)43-27-15-16-28-49(43)62-55/h1-34H. The van der Waals surface area contributed by atoms with E-state index in [2.05, 4.69) is 216 Å². The largest absolute Gasteiger partial charge is 0.455 e. The number of anilines is 3. The highest BCUT2D eigenvalue weighted by atomic mass is 32.1. The summed E-state index contributed by atoms with van der Waals surface area (Å²) in [5, 5.41) is 7.75. The van der Waals surface area contributed by atoms with E-state index in [0.29, 0.717) is 5.95 Å². The minimum Gasteiger partial charge on any atom is -0.455 e. The van der Waals surface area contributed by atoms with E-state index in [-0.39, 0.29) is 0 Å². The fraction of sp³-hybridized carbons (Fsp3) is 0. The first kappa shape index (κ1) is 34.8. The first-order valence-corrected chi connectivity index (χ1v) is 21.6. The summed E-state index contributed by atoms with van der Waals surface area (Å²) in [5.41, 5.74) is 12.0. The molecule has 0 atom stereocenters. The van der Waals surface area contributed by atoms with Crippen LogP contribution in [0.1, 0.15) is 0 Å². The lowest BCUT2D eigenvalue weighted by Crippen LogP contribution is -2.10. The normalized spacial score (nSPS) is 11.9. The summed E-state index contributed by atoms with van der Waals surface area (Å²) in [7, 11) is 0. The van der Waals surface area contributed by atoms with Gasteiger partial charge in [-0.3, -0.25) is 4.57 Å². The maximum atomic E-state index is 7.16. The number of aromatic nitrogens is 3. The van der Waals surface area contributed by atoms with Crippen LogP contribution in [0.2, 0.25) is 0 Å². The van der Waals surface area contributed by atoms with Crippen LogP contribution in [0.15, 0.2) is 211 Å². The molecular weight excluding hydrogens is 777 g/mol. The SMILES string of the molecule is c1ccc(-c2cc3oc4c(ccc5c4c4ccc(N(c6ccccc6)c6ccccc6)cc4n5-c4nc(-c5ccccc5)c5sc6ccccc6c5n4)c3c3ccccc23)cc1. The molecule has 0 aliphatic rings. The highest BCUT2D eigenvalue weighted by Crippen LogP contribution is 2.47. The smallest absolute Gasteiger partial charge is 0.235 e. The van der Waals surface area contributed by atoms with Crippen LogP contribution in [-0.4, -0.2) is 14.5 Å². The Hall–Kier alpha value is -8.06. The Balaban J connectivity index is 1.16. The van der Waals surface area contributed by atoms with Gasteiger partial charge in [0.25, 0.3) is 0 Å². The monoisotopic (exact) mass is 810 g/mol. The van der Waals surface area contributed by atoms with Crippen LogP contribution in [0.4, 0.5) is 17.1 Å². The van der Waals surface area contributed by atoms with Gasteiger partial charge in [-0.25, -0.2) is 9.97 Å². The second kappa shape index (κ2) is 13.7. The molecule has 0 amide bonds. The van der Waals surface area contributed by atoms with Crippen LogP contribution in [0.25, 0.3) is 103 Å². The summed E-state index contributed by atoms with van der Waals surface area (Å²) in [6.45, 7) is 0. The number of fused-ring (bicyclic) bond motifs is 12. The van der Waals surface area contributed by atoms with Crippen LogP contribution >= 0.6 is 11.3 Å². The molecule has 0 aliphatic carbocycles. The van der Waals surface area contributed by atoms with E-state index < -0.39 is 0 Å². The van der Waals surface area contributed by atoms with E-state index >= 15 is 0 Å². The second-order valence-electron chi connectivity index (χ2n) is 15.7. The molecule has 0 saturated heterocycles. The molecular formula is C56H34N4OS. The minimum atomic E-state index is 0.607. The van der Waals surface area contributed by atoms with E-state index in [1.54, 1.807) is 11.3 Å². The van der Waals surface area contributed by atoms with Gasteiger partial charge in [-0.1, -0.05) is 140 Å². The molecule has 0 aliphatic heterocycles. The number of hydrogen-bond donors (Lipinski definition) is 0. The predicted molar refractivity (Wildman–Crippen MR) is 260 cm³/mol. The highest BCUT2D eigenvalue weighted by molar-refractivity contribution is 7.26. The van der Waals surface area contributed by atoms with Gasteiger partial charge in [0.15, 0.2) is 0 Å². The van der Waals surface area contributed by atoms with Gasteiger partial charge >= 0.3 is 0 Å². The van der Waals surface area contributed by atoms with Crippen molar-refractivity contribution in [1.82, 2.24) is 14.5 Å². The molecule has 4 heterocycles. The Morgan fingerprint density at radius 1 is 0.452 bits per heavy atom. The number of benzene rings is 9. The van der Waals surface area contributed by atoms with Crippen molar-refractivity contribution in [2.24, 2.45) is 0 Å². The Morgan fingerprint density at radius 3 is 1.79 bits per heavy atom. The average Bonchev–Trinajstić information content (AvgIpc) is 4.02. The van der Waals surface area contributed by atoms with Crippen LogP contribution < -0.4 is 4.90 Å². The molecule has 0 spiro atoms. The number of thiophene rings is 1. The number of rotatable bonds is 6. The summed E-state index contributed by atoms with van der Waals surface area (Å²) < 4.78 is 11.7. The Labute approximate surface area is 360 Å². The maximum absolute atomic E-state index is 7.16. The average molecular weight is 811 g/mol.